The molecule has 0 unspecified atom stereocenters. The highest BCUT2D eigenvalue weighted by Gasteiger charge is 2.51. The third-order valence-corrected chi connectivity index (χ3v) is 3.77. The van der Waals surface area contributed by atoms with Crippen LogP contribution in [0.25, 0.3) is 0 Å². The molecule has 2 aliphatic rings. The zero-order valence-corrected chi connectivity index (χ0v) is 7.65. The Morgan fingerprint density at radius 3 is 2.18 bits per heavy atom. The second kappa shape index (κ2) is 2.22. The van der Waals surface area contributed by atoms with Crippen molar-refractivity contribution in [3.63, 3.8) is 0 Å². The minimum atomic E-state index is 0.601. The van der Waals surface area contributed by atoms with Gasteiger partial charge >= 0.3 is 0 Å². The van der Waals surface area contributed by atoms with Crippen LogP contribution in [-0.4, -0.2) is 13.7 Å². The lowest BCUT2D eigenvalue weighted by atomic mass is 9.83. The molecule has 0 aromatic carbocycles. The van der Waals surface area contributed by atoms with Crippen molar-refractivity contribution in [2.75, 3.05) is 13.7 Å². The Morgan fingerprint density at radius 2 is 1.82 bits per heavy atom. The highest BCUT2D eigenvalue weighted by Crippen LogP contribution is 2.61. The minimum Gasteiger partial charge on any atom is -0.384 e. The maximum Gasteiger partial charge on any atom is 0.0518 e. The van der Waals surface area contributed by atoms with Crippen LogP contribution < -0.4 is 0 Å². The summed E-state index contributed by atoms with van der Waals surface area (Å²) >= 11 is 0. The molecule has 0 amide bonds. The predicted molar refractivity (Wildman–Crippen MR) is 45.5 cm³/mol. The molecule has 2 fully saturated rings. The van der Waals surface area contributed by atoms with E-state index in [1.165, 1.54) is 32.1 Å². The van der Waals surface area contributed by atoms with Gasteiger partial charge in [-0.25, -0.2) is 0 Å². The lowest BCUT2D eigenvalue weighted by Gasteiger charge is -2.25. The molecule has 0 spiro atoms. The van der Waals surface area contributed by atoms with Gasteiger partial charge in [0.1, 0.15) is 0 Å². The average Bonchev–Trinajstić information content (AvgIpc) is 2.42. The second-order valence-corrected chi connectivity index (χ2v) is 4.92. The van der Waals surface area contributed by atoms with Gasteiger partial charge in [-0.2, -0.15) is 0 Å². The first-order valence-corrected chi connectivity index (χ1v) is 4.67. The zero-order valence-electron chi connectivity index (χ0n) is 7.65. The van der Waals surface area contributed by atoms with Gasteiger partial charge in [0.15, 0.2) is 0 Å². The van der Waals surface area contributed by atoms with Crippen LogP contribution in [0.15, 0.2) is 0 Å². The Balaban J connectivity index is 2.08. The quantitative estimate of drug-likeness (QED) is 0.594. The molecule has 64 valence electrons. The number of fused-ring (bicyclic) bond motifs is 2. The molecule has 0 N–H and O–H groups in total. The fourth-order valence-electron chi connectivity index (χ4n) is 3.14. The standard InChI is InChI=1S/C10H18O/c1-9-3-5-10(7-9,6-4-9)8-11-2/h3-8H2,1-2H3. The molecule has 2 rings (SSSR count). The van der Waals surface area contributed by atoms with Gasteiger partial charge in [0.2, 0.25) is 0 Å². The first-order chi connectivity index (χ1) is 5.18. The molecular weight excluding hydrogens is 136 g/mol. The fraction of sp³-hybridized carbons (Fsp3) is 1.00. The van der Waals surface area contributed by atoms with Crippen LogP contribution >= 0.6 is 0 Å². The van der Waals surface area contributed by atoms with Gasteiger partial charge in [-0.3, -0.25) is 0 Å². The van der Waals surface area contributed by atoms with Gasteiger partial charge in [0.25, 0.3) is 0 Å². The molecule has 0 aromatic heterocycles. The van der Waals surface area contributed by atoms with E-state index >= 15 is 0 Å². The largest absolute Gasteiger partial charge is 0.384 e. The van der Waals surface area contributed by atoms with Gasteiger partial charge in [-0.1, -0.05) is 6.92 Å². The fourth-order valence-corrected chi connectivity index (χ4v) is 3.14. The van der Waals surface area contributed by atoms with E-state index in [2.05, 4.69) is 6.92 Å². The van der Waals surface area contributed by atoms with Crippen molar-refractivity contribution in [3.05, 3.63) is 0 Å². The number of hydrogen-bond donors (Lipinski definition) is 0. The summed E-state index contributed by atoms with van der Waals surface area (Å²) in [6, 6.07) is 0. The number of ether oxygens (including phenoxy) is 1. The van der Waals surface area contributed by atoms with E-state index in [0.29, 0.717) is 10.8 Å². The summed E-state index contributed by atoms with van der Waals surface area (Å²) in [6.45, 7) is 3.44. The number of rotatable bonds is 2. The van der Waals surface area contributed by atoms with Gasteiger partial charge in [-0.15, -0.1) is 0 Å². The molecule has 2 aliphatic carbocycles. The third-order valence-electron chi connectivity index (χ3n) is 3.77. The van der Waals surface area contributed by atoms with Crippen molar-refractivity contribution in [2.24, 2.45) is 10.8 Å². The first-order valence-electron chi connectivity index (χ1n) is 4.67. The van der Waals surface area contributed by atoms with E-state index in [4.69, 9.17) is 4.74 Å². The molecule has 0 radical (unpaired) electrons. The van der Waals surface area contributed by atoms with E-state index in [1.54, 1.807) is 0 Å². The third kappa shape index (κ3) is 1.10. The predicted octanol–water partition coefficient (Wildman–Crippen LogP) is 2.60. The highest BCUT2D eigenvalue weighted by atomic mass is 16.5. The normalized spacial score (nSPS) is 48.5. The zero-order chi connectivity index (χ0) is 7.95. The van der Waals surface area contributed by atoms with E-state index in [9.17, 15) is 0 Å². The summed E-state index contributed by atoms with van der Waals surface area (Å²) < 4.78 is 5.29. The van der Waals surface area contributed by atoms with Crippen molar-refractivity contribution in [2.45, 2.75) is 39.0 Å². The maximum atomic E-state index is 5.29. The number of methoxy groups -OCH3 is 1. The second-order valence-electron chi connectivity index (χ2n) is 4.92. The van der Waals surface area contributed by atoms with Gasteiger partial charge in [0.05, 0.1) is 6.61 Å². The molecule has 11 heavy (non-hydrogen) atoms. The highest BCUT2D eigenvalue weighted by molar-refractivity contribution is 5.02. The topological polar surface area (TPSA) is 9.23 Å². The minimum absolute atomic E-state index is 0.601. The molecule has 0 aliphatic heterocycles. The van der Waals surface area contributed by atoms with Crippen LogP contribution in [0.4, 0.5) is 0 Å². The number of hydrogen-bond acceptors (Lipinski definition) is 1. The summed E-state index contributed by atoms with van der Waals surface area (Å²) in [7, 11) is 1.84. The molecule has 2 bridgehead atoms. The van der Waals surface area contributed by atoms with Crippen LogP contribution in [0, 0.1) is 10.8 Å². The van der Waals surface area contributed by atoms with Crippen molar-refractivity contribution in [3.8, 4) is 0 Å². The molecule has 2 saturated carbocycles. The van der Waals surface area contributed by atoms with E-state index in [1.807, 2.05) is 7.11 Å². The smallest absolute Gasteiger partial charge is 0.0518 e. The van der Waals surface area contributed by atoms with E-state index in [0.717, 1.165) is 6.61 Å². The Morgan fingerprint density at radius 1 is 1.18 bits per heavy atom. The van der Waals surface area contributed by atoms with Crippen LogP contribution in [-0.2, 0) is 4.74 Å². The summed E-state index contributed by atoms with van der Waals surface area (Å²) in [4.78, 5) is 0. The summed E-state index contributed by atoms with van der Waals surface area (Å²) in [6.07, 6.45) is 7.13. The SMILES string of the molecule is COCC12CCC(C)(CC1)C2. The van der Waals surface area contributed by atoms with Crippen molar-refractivity contribution in [1.29, 1.82) is 0 Å². The summed E-state index contributed by atoms with van der Waals surface area (Å²) in [5.74, 6) is 0. The monoisotopic (exact) mass is 154 g/mol. The maximum absolute atomic E-state index is 5.29. The molecule has 0 aromatic rings. The Hall–Kier alpha value is -0.0400. The molecule has 1 nitrogen and oxygen atoms in total. The summed E-state index contributed by atoms with van der Waals surface area (Å²) in [5, 5.41) is 0. The first kappa shape index (κ1) is 7.60. The van der Waals surface area contributed by atoms with Crippen molar-refractivity contribution in [1.82, 2.24) is 0 Å². The van der Waals surface area contributed by atoms with Gasteiger partial charge in [0, 0.05) is 7.11 Å². The average molecular weight is 154 g/mol. The van der Waals surface area contributed by atoms with E-state index in [-0.39, 0.29) is 0 Å². The lowest BCUT2D eigenvalue weighted by molar-refractivity contribution is 0.0860. The Labute approximate surface area is 69.1 Å². The molecule has 0 atom stereocenters. The molecule has 1 heteroatoms. The molecule has 0 saturated heterocycles. The van der Waals surface area contributed by atoms with Gasteiger partial charge < -0.3 is 4.74 Å². The van der Waals surface area contributed by atoms with Crippen molar-refractivity contribution >= 4 is 0 Å². The van der Waals surface area contributed by atoms with Crippen molar-refractivity contribution < 1.29 is 4.74 Å². The van der Waals surface area contributed by atoms with Crippen LogP contribution in [0.1, 0.15) is 39.0 Å². The van der Waals surface area contributed by atoms with E-state index < -0.39 is 0 Å². The summed E-state index contributed by atoms with van der Waals surface area (Å²) in [5.41, 5.74) is 1.29. The molecular formula is C10H18O. The van der Waals surface area contributed by atoms with Crippen LogP contribution in [0.3, 0.4) is 0 Å². The van der Waals surface area contributed by atoms with Crippen LogP contribution in [0.5, 0.6) is 0 Å². The Kier molecular flexibility index (Phi) is 1.54. The van der Waals surface area contributed by atoms with Crippen LogP contribution in [0.2, 0.25) is 0 Å². The molecule has 0 heterocycles. The Bertz CT molecular complexity index is 149. The van der Waals surface area contributed by atoms with Gasteiger partial charge in [-0.05, 0) is 42.9 Å². The lowest BCUT2D eigenvalue weighted by Crippen LogP contribution is -2.20.